The lowest BCUT2D eigenvalue weighted by molar-refractivity contribution is 0.0943. The van der Waals surface area contributed by atoms with Crippen molar-refractivity contribution >= 4 is 28.6 Å². The summed E-state index contributed by atoms with van der Waals surface area (Å²) in [5.41, 5.74) is 5.39. The molecule has 1 aliphatic rings. The average molecular weight is 536 g/mol. The number of aromatic nitrogens is 2. The largest absolute Gasteiger partial charge is 0.362 e. The predicted octanol–water partition coefficient (Wildman–Crippen LogP) is 7.06. The Morgan fingerprint density at radius 3 is 2.10 bits per heavy atom. The molecule has 1 heterocycles. The van der Waals surface area contributed by atoms with E-state index in [0.717, 1.165) is 53.5 Å². The molecule has 6 nitrogen and oxygen atoms in total. The van der Waals surface area contributed by atoms with Crippen molar-refractivity contribution in [1.82, 2.24) is 15.3 Å². The molecule has 0 atom stereocenters. The Kier molecular flexibility index (Phi) is 8.06. The van der Waals surface area contributed by atoms with E-state index in [9.17, 15) is 4.79 Å². The maximum Gasteiger partial charge on any atom is 0.251 e. The Labute approximate surface area is 238 Å². The number of anilines is 2. The maximum absolute atomic E-state index is 12.8. The standard InChI is InChI=1S/C34H41N5O/c1-34(2,3)27-18-16-25(17-19-27)24-12-14-26(15-13-24)32(40)35-22-23-10-20-28(21-11-23)36-33-37-30-9-7-6-8-29(30)31(38-33)39(4)5/h6-9,12-19,23,28H,10-11,20-22H2,1-5H3,(H,35,40)(H,36,37,38). The smallest absolute Gasteiger partial charge is 0.251 e. The molecule has 40 heavy (non-hydrogen) atoms. The summed E-state index contributed by atoms with van der Waals surface area (Å²) < 4.78 is 0. The molecule has 5 rings (SSSR count). The van der Waals surface area contributed by atoms with E-state index >= 15 is 0 Å². The molecule has 0 spiro atoms. The van der Waals surface area contributed by atoms with E-state index in [1.807, 2.05) is 61.5 Å². The lowest BCUT2D eigenvalue weighted by Crippen LogP contribution is -2.34. The van der Waals surface area contributed by atoms with E-state index in [0.29, 0.717) is 30.0 Å². The van der Waals surface area contributed by atoms with Gasteiger partial charge in [0.15, 0.2) is 0 Å². The molecule has 1 fully saturated rings. The number of nitrogens with zero attached hydrogens (tertiary/aromatic N) is 3. The number of hydrogen-bond acceptors (Lipinski definition) is 5. The van der Waals surface area contributed by atoms with Gasteiger partial charge in [-0.25, -0.2) is 4.98 Å². The number of fused-ring (bicyclic) bond motifs is 1. The van der Waals surface area contributed by atoms with Crippen LogP contribution in [0.5, 0.6) is 0 Å². The highest BCUT2D eigenvalue weighted by molar-refractivity contribution is 5.94. The molecular weight excluding hydrogens is 494 g/mol. The Bertz CT molecular complexity index is 1450. The zero-order chi connectivity index (χ0) is 28.3. The third-order valence-electron chi connectivity index (χ3n) is 7.97. The third kappa shape index (κ3) is 6.44. The molecule has 1 aromatic heterocycles. The van der Waals surface area contributed by atoms with Gasteiger partial charge in [0.1, 0.15) is 5.82 Å². The highest BCUT2D eigenvalue weighted by Gasteiger charge is 2.23. The second-order valence-electron chi connectivity index (χ2n) is 12.3. The van der Waals surface area contributed by atoms with Gasteiger partial charge >= 0.3 is 0 Å². The number of hydrogen-bond donors (Lipinski definition) is 2. The SMILES string of the molecule is CN(C)c1nc(NC2CCC(CNC(=O)c3ccc(-c4ccc(C(C)(C)C)cc4)cc3)CC2)nc2ccccc12. The second kappa shape index (κ2) is 11.7. The molecule has 1 aliphatic carbocycles. The molecule has 0 saturated heterocycles. The fourth-order valence-electron chi connectivity index (χ4n) is 5.47. The normalized spacial score (nSPS) is 17.4. The molecule has 0 radical (unpaired) electrons. The van der Waals surface area contributed by atoms with Gasteiger partial charge in [0.25, 0.3) is 5.91 Å². The second-order valence-corrected chi connectivity index (χ2v) is 12.3. The maximum atomic E-state index is 12.8. The monoisotopic (exact) mass is 535 g/mol. The Morgan fingerprint density at radius 1 is 0.850 bits per heavy atom. The first kappa shape index (κ1) is 27.6. The number of carbonyl (C=O) groups excluding carboxylic acids is 1. The molecule has 1 amide bonds. The lowest BCUT2D eigenvalue weighted by Gasteiger charge is -2.29. The molecule has 208 valence electrons. The van der Waals surface area contributed by atoms with Crippen LogP contribution < -0.4 is 15.5 Å². The van der Waals surface area contributed by atoms with Crippen LogP contribution in [0.25, 0.3) is 22.0 Å². The van der Waals surface area contributed by atoms with Gasteiger partial charge in [0.05, 0.1) is 5.52 Å². The van der Waals surface area contributed by atoms with Crippen LogP contribution in [0.2, 0.25) is 0 Å². The summed E-state index contributed by atoms with van der Waals surface area (Å²) in [5, 5.41) is 7.80. The minimum atomic E-state index is -0.00402. The molecule has 1 saturated carbocycles. The van der Waals surface area contributed by atoms with Crippen LogP contribution in [0.4, 0.5) is 11.8 Å². The summed E-state index contributed by atoms with van der Waals surface area (Å²) in [4.78, 5) is 24.4. The summed E-state index contributed by atoms with van der Waals surface area (Å²) >= 11 is 0. The van der Waals surface area contributed by atoms with Gasteiger partial charge in [0.2, 0.25) is 5.95 Å². The van der Waals surface area contributed by atoms with Gasteiger partial charge < -0.3 is 15.5 Å². The van der Waals surface area contributed by atoms with E-state index in [-0.39, 0.29) is 11.3 Å². The van der Waals surface area contributed by atoms with Gasteiger partial charge in [-0.3, -0.25) is 4.79 Å². The number of para-hydroxylation sites is 1. The van der Waals surface area contributed by atoms with Crippen LogP contribution in [0.3, 0.4) is 0 Å². The van der Waals surface area contributed by atoms with Gasteiger partial charge in [-0.2, -0.15) is 4.98 Å². The van der Waals surface area contributed by atoms with Crippen molar-refractivity contribution in [3.8, 4) is 11.1 Å². The van der Waals surface area contributed by atoms with Crippen LogP contribution in [-0.2, 0) is 5.41 Å². The third-order valence-corrected chi connectivity index (χ3v) is 7.97. The van der Waals surface area contributed by atoms with E-state index in [1.54, 1.807) is 0 Å². The summed E-state index contributed by atoms with van der Waals surface area (Å²) in [6.45, 7) is 7.37. The Balaban J connectivity index is 1.11. The summed E-state index contributed by atoms with van der Waals surface area (Å²) in [6.07, 6.45) is 4.21. The number of amides is 1. The topological polar surface area (TPSA) is 70.2 Å². The number of nitrogens with one attached hydrogen (secondary N) is 2. The molecule has 0 bridgehead atoms. The Hall–Kier alpha value is -3.93. The van der Waals surface area contributed by atoms with Gasteiger partial charge in [-0.1, -0.05) is 69.3 Å². The van der Waals surface area contributed by atoms with Crippen LogP contribution in [0.1, 0.15) is 62.4 Å². The van der Waals surface area contributed by atoms with Crippen LogP contribution in [-0.4, -0.2) is 42.6 Å². The van der Waals surface area contributed by atoms with Crippen molar-refractivity contribution in [1.29, 1.82) is 0 Å². The predicted molar refractivity (Wildman–Crippen MR) is 166 cm³/mol. The van der Waals surface area contributed by atoms with Crippen LogP contribution >= 0.6 is 0 Å². The quantitative estimate of drug-likeness (QED) is 0.265. The van der Waals surface area contributed by atoms with E-state index < -0.39 is 0 Å². The Morgan fingerprint density at radius 2 is 1.48 bits per heavy atom. The minimum Gasteiger partial charge on any atom is -0.362 e. The van der Waals surface area contributed by atoms with Crippen molar-refractivity contribution < 1.29 is 4.79 Å². The summed E-state index contributed by atoms with van der Waals surface area (Å²) in [7, 11) is 4.02. The van der Waals surface area contributed by atoms with Crippen molar-refractivity contribution in [2.45, 2.75) is 57.9 Å². The molecule has 4 aromatic rings. The fraction of sp³-hybridized carbons (Fsp3) is 0.382. The van der Waals surface area contributed by atoms with Crippen molar-refractivity contribution in [3.05, 3.63) is 83.9 Å². The zero-order valence-electron chi connectivity index (χ0n) is 24.4. The minimum absolute atomic E-state index is 0.00402. The van der Waals surface area contributed by atoms with E-state index in [4.69, 9.17) is 9.97 Å². The van der Waals surface area contributed by atoms with Gasteiger partial charge in [-0.15, -0.1) is 0 Å². The van der Waals surface area contributed by atoms with Crippen LogP contribution in [0.15, 0.2) is 72.8 Å². The van der Waals surface area contributed by atoms with E-state index in [1.165, 1.54) is 5.56 Å². The van der Waals surface area contributed by atoms with Crippen molar-refractivity contribution in [2.24, 2.45) is 5.92 Å². The number of rotatable bonds is 7. The first-order chi connectivity index (χ1) is 19.2. The first-order valence-corrected chi connectivity index (χ1v) is 14.4. The molecule has 0 aliphatic heterocycles. The first-order valence-electron chi connectivity index (χ1n) is 14.4. The molecule has 3 aromatic carbocycles. The number of benzene rings is 3. The molecule has 2 N–H and O–H groups in total. The molecule has 0 unspecified atom stereocenters. The van der Waals surface area contributed by atoms with Crippen molar-refractivity contribution in [3.63, 3.8) is 0 Å². The summed E-state index contributed by atoms with van der Waals surface area (Å²) in [6, 6.07) is 25.1. The van der Waals surface area contributed by atoms with Gasteiger partial charge in [0, 0.05) is 37.6 Å². The van der Waals surface area contributed by atoms with Crippen LogP contribution in [0, 0.1) is 5.92 Å². The highest BCUT2D eigenvalue weighted by atomic mass is 16.1. The zero-order valence-corrected chi connectivity index (χ0v) is 24.4. The summed E-state index contributed by atoms with van der Waals surface area (Å²) in [5.74, 6) is 2.09. The molecule has 6 heteroatoms. The molecular formula is C34H41N5O. The van der Waals surface area contributed by atoms with Crippen molar-refractivity contribution in [2.75, 3.05) is 30.9 Å². The van der Waals surface area contributed by atoms with Gasteiger partial charge in [-0.05, 0) is 78.0 Å². The highest BCUT2D eigenvalue weighted by Crippen LogP contribution is 2.29. The fourth-order valence-corrected chi connectivity index (χ4v) is 5.47. The lowest BCUT2D eigenvalue weighted by atomic mass is 9.86. The average Bonchev–Trinajstić information content (AvgIpc) is 2.96. The van der Waals surface area contributed by atoms with E-state index in [2.05, 4.69) is 61.7 Å². The number of carbonyl (C=O) groups is 1.